The van der Waals surface area contributed by atoms with Crippen LogP contribution < -0.4 is 10.6 Å². The number of anilines is 3. The molecule has 3 aromatic rings. The maximum atomic E-state index is 14.2. The van der Waals surface area contributed by atoms with E-state index >= 15 is 0 Å². The summed E-state index contributed by atoms with van der Waals surface area (Å²) in [7, 11) is 0. The number of benzene rings is 2. The highest BCUT2D eigenvalue weighted by Gasteiger charge is 2.17. The molecule has 138 valence electrons. The molecule has 0 saturated heterocycles. The fraction of sp³-hybridized carbons (Fsp3) is 0.238. The third kappa shape index (κ3) is 4.19. The molecular weight excluding hydrogens is 363 g/mol. The summed E-state index contributed by atoms with van der Waals surface area (Å²) in [6.45, 7) is 0. The predicted molar refractivity (Wildman–Crippen MR) is 108 cm³/mol. The Balaban J connectivity index is 1.71. The van der Waals surface area contributed by atoms with Gasteiger partial charge in [-0.3, -0.25) is 0 Å². The first-order valence-corrected chi connectivity index (χ1v) is 9.49. The molecule has 0 radical (unpaired) electrons. The van der Waals surface area contributed by atoms with Gasteiger partial charge in [0, 0.05) is 17.7 Å². The summed E-state index contributed by atoms with van der Waals surface area (Å²) in [6.07, 6.45) is 4.65. The molecule has 4 rings (SSSR count). The van der Waals surface area contributed by atoms with Gasteiger partial charge in [0.2, 0.25) is 5.95 Å². The zero-order valence-corrected chi connectivity index (χ0v) is 15.5. The van der Waals surface area contributed by atoms with Gasteiger partial charge in [0.25, 0.3) is 0 Å². The Morgan fingerprint density at radius 1 is 0.963 bits per heavy atom. The number of aromatic nitrogens is 2. The molecule has 2 aromatic carbocycles. The monoisotopic (exact) mass is 382 g/mol. The molecule has 1 aliphatic rings. The van der Waals surface area contributed by atoms with Crippen LogP contribution in [-0.2, 0) is 0 Å². The minimum Gasteiger partial charge on any atom is -0.351 e. The van der Waals surface area contributed by atoms with Crippen molar-refractivity contribution >= 4 is 29.1 Å². The van der Waals surface area contributed by atoms with E-state index in [1.54, 1.807) is 18.2 Å². The molecule has 0 unspecified atom stereocenters. The molecule has 0 atom stereocenters. The number of hydrogen-bond donors (Lipinski definition) is 2. The quantitative estimate of drug-likeness (QED) is 0.565. The predicted octanol–water partition coefficient (Wildman–Crippen LogP) is 6.03. The van der Waals surface area contributed by atoms with Gasteiger partial charge in [-0.15, -0.1) is 0 Å². The van der Waals surface area contributed by atoms with Crippen LogP contribution >= 0.6 is 11.6 Å². The van der Waals surface area contributed by atoms with Crippen molar-refractivity contribution in [3.8, 4) is 11.3 Å². The van der Waals surface area contributed by atoms with Gasteiger partial charge >= 0.3 is 0 Å². The van der Waals surface area contributed by atoms with E-state index in [0.717, 1.165) is 24.1 Å². The van der Waals surface area contributed by atoms with Crippen molar-refractivity contribution in [2.45, 2.75) is 31.7 Å². The van der Waals surface area contributed by atoms with Crippen molar-refractivity contribution in [1.82, 2.24) is 9.97 Å². The van der Waals surface area contributed by atoms with Crippen LogP contribution in [0.3, 0.4) is 0 Å². The maximum Gasteiger partial charge on any atom is 0.225 e. The molecule has 2 N–H and O–H groups in total. The molecule has 0 aliphatic heterocycles. The van der Waals surface area contributed by atoms with Crippen molar-refractivity contribution in [3.63, 3.8) is 0 Å². The lowest BCUT2D eigenvalue weighted by atomic mass is 10.1. The molecule has 0 spiro atoms. The normalized spacial score (nSPS) is 14.3. The lowest BCUT2D eigenvalue weighted by molar-refractivity contribution is 0.632. The average molecular weight is 383 g/mol. The van der Waals surface area contributed by atoms with Crippen molar-refractivity contribution in [3.05, 3.63) is 65.4 Å². The Morgan fingerprint density at radius 2 is 1.74 bits per heavy atom. The second kappa shape index (κ2) is 7.92. The van der Waals surface area contributed by atoms with Crippen molar-refractivity contribution in [2.75, 3.05) is 10.6 Å². The topological polar surface area (TPSA) is 49.8 Å². The Morgan fingerprint density at radius 3 is 2.48 bits per heavy atom. The summed E-state index contributed by atoms with van der Waals surface area (Å²) in [5, 5.41) is 6.74. The summed E-state index contributed by atoms with van der Waals surface area (Å²) in [5.41, 5.74) is 1.95. The molecule has 27 heavy (non-hydrogen) atoms. The minimum absolute atomic E-state index is 0.212. The van der Waals surface area contributed by atoms with E-state index in [-0.39, 0.29) is 5.69 Å². The Bertz CT molecular complexity index is 906. The molecule has 4 nitrogen and oxygen atoms in total. The highest BCUT2D eigenvalue weighted by Crippen LogP contribution is 2.30. The van der Waals surface area contributed by atoms with Crippen LogP contribution in [0.25, 0.3) is 11.3 Å². The van der Waals surface area contributed by atoms with Gasteiger partial charge in [0.15, 0.2) is 0 Å². The van der Waals surface area contributed by atoms with Crippen LogP contribution in [0, 0.1) is 5.82 Å². The molecular formula is C21H20ClFN4. The minimum atomic E-state index is -0.423. The molecule has 1 saturated carbocycles. The van der Waals surface area contributed by atoms with Crippen LogP contribution in [-0.4, -0.2) is 16.0 Å². The first-order valence-electron chi connectivity index (χ1n) is 9.11. The van der Waals surface area contributed by atoms with Crippen LogP contribution in [0.5, 0.6) is 0 Å². The van der Waals surface area contributed by atoms with Crippen molar-refractivity contribution < 1.29 is 4.39 Å². The van der Waals surface area contributed by atoms with Gasteiger partial charge in [-0.05, 0) is 25.0 Å². The first-order chi connectivity index (χ1) is 13.2. The van der Waals surface area contributed by atoms with Gasteiger partial charge in [-0.25, -0.2) is 9.37 Å². The van der Waals surface area contributed by atoms with E-state index in [0.29, 0.717) is 22.8 Å². The molecule has 1 aromatic heterocycles. The van der Waals surface area contributed by atoms with Gasteiger partial charge in [0.05, 0.1) is 16.4 Å². The number of nitrogens with one attached hydrogen (secondary N) is 2. The number of hydrogen-bond acceptors (Lipinski definition) is 4. The number of nitrogens with zero attached hydrogens (tertiary/aromatic N) is 2. The summed E-state index contributed by atoms with van der Waals surface area (Å²) in [4.78, 5) is 9.21. The Labute approximate surface area is 162 Å². The van der Waals surface area contributed by atoms with E-state index in [1.807, 2.05) is 30.3 Å². The lowest BCUT2D eigenvalue weighted by Gasteiger charge is -2.15. The highest BCUT2D eigenvalue weighted by atomic mass is 35.5. The molecule has 1 heterocycles. The smallest absolute Gasteiger partial charge is 0.225 e. The first kappa shape index (κ1) is 17.7. The second-order valence-corrected chi connectivity index (χ2v) is 7.08. The summed E-state index contributed by atoms with van der Waals surface area (Å²) >= 11 is 6.15. The summed E-state index contributed by atoms with van der Waals surface area (Å²) < 4.78 is 14.2. The molecule has 0 bridgehead atoms. The van der Waals surface area contributed by atoms with Crippen LogP contribution in [0.4, 0.5) is 21.8 Å². The summed E-state index contributed by atoms with van der Waals surface area (Å²) in [6, 6.07) is 16.6. The average Bonchev–Trinajstić information content (AvgIpc) is 3.18. The van der Waals surface area contributed by atoms with E-state index in [1.165, 1.54) is 18.9 Å². The van der Waals surface area contributed by atoms with Crippen LogP contribution in [0.15, 0.2) is 54.6 Å². The van der Waals surface area contributed by atoms with E-state index in [9.17, 15) is 4.39 Å². The highest BCUT2D eigenvalue weighted by molar-refractivity contribution is 6.33. The van der Waals surface area contributed by atoms with Crippen LogP contribution in [0.1, 0.15) is 25.7 Å². The molecule has 1 fully saturated rings. The number of halogens is 2. The Kier molecular flexibility index (Phi) is 5.21. The van der Waals surface area contributed by atoms with Gasteiger partial charge < -0.3 is 10.6 Å². The second-order valence-electron chi connectivity index (χ2n) is 6.68. The van der Waals surface area contributed by atoms with E-state index in [4.69, 9.17) is 11.6 Å². The van der Waals surface area contributed by atoms with Gasteiger partial charge in [-0.1, -0.05) is 60.8 Å². The third-order valence-corrected chi connectivity index (χ3v) is 5.01. The van der Waals surface area contributed by atoms with Crippen LogP contribution in [0.2, 0.25) is 5.02 Å². The summed E-state index contributed by atoms with van der Waals surface area (Å²) in [5.74, 6) is 0.613. The zero-order chi connectivity index (χ0) is 18.6. The van der Waals surface area contributed by atoms with Crippen molar-refractivity contribution in [1.29, 1.82) is 0 Å². The fourth-order valence-corrected chi connectivity index (χ4v) is 3.54. The van der Waals surface area contributed by atoms with Crippen molar-refractivity contribution in [2.24, 2.45) is 0 Å². The zero-order valence-electron chi connectivity index (χ0n) is 14.8. The standard InChI is InChI=1S/C21H20ClFN4/c22-16-11-6-12-17(23)20(16)26-19-13-18(14-7-2-1-3-8-14)25-21(27-19)24-15-9-4-5-10-15/h1-3,6-8,11-13,15H,4-5,9-10H2,(H2,24,25,26,27). The largest absolute Gasteiger partial charge is 0.351 e. The maximum absolute atomic E-state index is 14.2. The third-order valence-electron chi connectivity index (χ3n) is 4.70. The van der Waals surface area contributed by atoms with E-state index in [2.05, 4.69) is 20.6 Å². The molecule has 0 amide bonds. The molecule has 1 aliphatic carbocycles. The lowest BCUT2D eigenvalue weighted by Crippen LogP contribution is -2.17. The Hall–Kier alpha value is -2.66. The number of rotatable bonds is 5. The molecule has 6 heteroatoms. The van der Waals surface area contributed by atoms with E-state index < -0.39 is 5.82 Å². The van der Waals surface area contributed by atoms with Gasteiger partial charge in [-0.2, -0.15) is 4.98 Å². The SMILES string of the molecule is Fc1cccc(Cl)c1Nc1cc(-c2ccccc2)nc(NC2CCCC2)n1. The number of para-hydroxylation sites is 1. The van der Waals surface area contributed by atoms with Gasteiger partial charge in [0.1, 0.15) is 11.6 Å². The fourth-order valence-electron chi connectivity index (χ4n) is 3.33.